The van der Waals surface area contributed by atoms with E-state index in [0.29, 0.717) is 4.83 Å². The van der Waals surface area contributed by atoms with Gasteiger partial charge in [-0.05, 0) is 0 Å². The molecule has 0 aliphatic carbocycles. The Morgan fingerprint density at radius 1 is 2.00 bits per heavy atom. The summed E-state index contributed by atoms with van der Waals surface area (Å²) in [6, 6.07) is 0. The minimum Gasteiger partial charge on any atom is -0.120 e. The van der Waals surface area contributed by atoms with Crippen LogP contribution in [0, 0.1) is 12.3 Å². The van der Waals surface area contributed by atoms with Crippen LogP contribution in [0.25, 0.3) is 0 Å². The molecule has 0 aliphatic heterocycles. The van der Waals surface area contributed by atoms with Gasteiger partial charge < -0.3 is 0 Å². The van der Waals surface area contributed by atoms with Crippen molar-refractivity contribution < 1.29 is 0 Å². The molecule has 6 heavy (non-hydrogen) atoms. The topological polar surface area (TPSA) is 0 Å². The van der Waals surface area contributed by atoms with Crippen LogP contribution in [-0.2, 0) is 0 Å². The highest BCUT2D eigenvalue weighted by Crippen LogP contribution is 1.99. The van der Waals surface area contributed by atoms with Gasteiger partial charge in [-0.3, -0.25) is 0 Å². The van der Waals surface area contributed by atoms with Gasteiger partial charge >= 0.3 is 0 Å². The first kappa shape index (κ1) is 6.04. The summed E-state index contributed by atoms with van der Waals surface area (Å²) >= 11 is 3.29. The fourth-order valence-electron chi connectivity index (χ4n) is 0.162. The Kier molecular flexibility index (Phi) is 3.26. The highest BCUT2D eigenvalue weighted by atomic mass is 79.9. The van der Waals surface area contributed by atoms with E-state index < -0.39 is 0 Å². The van der Waals surface area contributed by atoms with Gasteiger partial charge in [-0.1, -0.05) is 22.9 Å². The molecule has 0 fully saturated rings. The number of alkyl halides is 1. The quantitative estimate of drug-likeness (QED) is 0.391. The van der Waals surface area contributed by atoms with Crippen LogP contribution >= 0.6 is 15.9 Å². The molecule has 0 rings (SSSR count). The Bertz CT molecular complexity index is 58.8. The average Bonchev–Trinajstić information content (AvgIpc) is 1.35. The predicted octanol–water partition coefficient (Wildman–Crippen LogP) is 1.79. The summed E-state index contributed by atoms with van der Waals surface area (Å²) in [5.74, 6) is 2.52. The fourth-order valence-corrected chi connectivity index (χ4v) is 0.349. The van der Waals surface area contributed by atoms with Gasteiger partial charge in [-0.2, -0.15) is 0 Å². The van der Waals surface area contributed by atoms with Crippen LogP contribution in [0.3, 0.4) is 0 Å². The van der Waals surface area contributed by atoms with Gasteiger partial charge in [0.1, 0.15) is 0 Å². The lowest BCUT2D eigenvalue weighted by Gasteiger charge is -1.87. The molecule has 0 bridgehead atoms. The number of terminal acetylenes is 1. The maximum atomic E-state index is 4.95. The van der Waals surface area contributed by atoms with Crippen molar-refractivity contribution in [3.8, 4) is 12.3 Å². The number of rotatable bonds is 1. The van der Waals surface area contributed by atoms with Gasteiger partial charge in [-0.15, -0.1) is 12.3 Å². The van der Waals surface area contributed by atoms with Crippen molar-refractivity contribution >= 4 is 15.9 Å². The number of hydrogen-bond donors (Lipinski definition) is 0. The molecule has 34 valence electrons. The van der Waals surface area contributed by atoms with Crippen LogP contribution < -0.4 is 0 Å². The lowest BCUT2D eigenvalue weighted by atomic mass is 10.4. The van der Waals surface area contributed by atoms with Crippen LogP contribution in [-0.4, -0.2) is 4.83 Å². The summed E-state index contributed by atoms with van der Waals surface area (Å²) in [7, 11) is 0. The number of hydrogen-bond acceptors (Lipinski definition) is 0. The maximum Gasteiger partial charge on any atom is 0.0226 e. The Morgan fingerprint density at radius 3 is 2.50 bits per heavy atom. The van der Waals surface area contributed by atoms with Crippen molar-refractivity contribution in [1.82, 2.24) is 0 Å². The second kappa shape index (κ2) is 3.24. The SMILES string of the molecule is C#CCC(C)Br. The van der Waals surface area contributed by atoms with Crippen LogP contribution in [0.2, 0.25) is 0 Å². The zero-order chi connectivity index (χ0) is 4.99. The lowest BCUT2D eigenvalue weighted by molar-refractivity contribution is 1.03. The monoisotopic (exact) mass is 146 g/mol. The van der Waals surface area contributed by atoms with Gasteiger partial charge in [-0.25, -0.2) is 0 Å². The van der Waals surface area contributed by atoms with Crippen LogP contribution in [0.4, 0.5) is 0 Å². The van der Waals surface area contributed by atoms with E-state index in [0.717, 1.165) is 6.42 Å². The number of halogens is 1. The molecule has 0 aromatic rings. The first-order chi connectivity index (χ1) is 2.77. The second-order valence-electron chi connectivity index (χ2n) is 1.19. The van der Waals surface area contributed by atoms with E-state index in [1.165, 1.54) is 0 Å². The zero-order valence-electron chi connectivity index (χ0n) is 3.74. The molecule has 0 radical (unpaired) electrons. The Hall–Kier alpha value is 0.0400. The van der Waals surface area contributed by atoms with Gasteiger partial charge in [0.05, 0.1) is 0 Å². The molecule has 0 heterocycles. The highest BCUT2D eigenvalue weighted by Gasteiger charge is 1.85. The van der Waals surface area contributed by atoms with Gasteiger partial charge in [0.15, 0.2) is 0 Å². The third-order valence-corrected chi connectivity index (χ3v) is 0.723. The van der Waals surface area contributed by atoms with E-state index >= 15 is 0 Å². The van der Waals surface area contributed by atoms with E-state index in [2.05, 4.69) is 21.9 Å². The standard InChI is InChI=1S/C5H7Br/c1-3-4-5(2)6/h1,5H,4H2,2H3. The third kappa shape index (κ3) is 4.04. The first-order valence-corrected chi connectivity index (χ1v) is 2.76. The molecule has 1 heteroatoms. The summed E-state index contributed by atoms with van der Waals surface area (Å²) in [4.78, 5) is 0.475. The molecule has 0 aromatic heterocycles. The smallest absolute Gasteiger partial charge is 0.0226 e. The van der Waals surface area contributed by atoms with E-state index in [1.54, 1.807) is 0 Å². The molecule has 1 atom stereocenters. The predicted molar refractivity (Wildman–Crippen MR) is 31.8 cm³/mol. The van der Waals surface area contributed by atoms with Crippen LogP contribution in [0.1, 0.15) is 13.3 Å². The zero-order valence-corrected chi connectivity index (χ0v) is 5.33. The normalized spacial score (nSPS) is 12.8. The van der Waals surface area contributed by atoms with Crippen molar-refractivity contribution in [2.24, 2.45) is 0 Å². The molecule has 0 aromatic carbocycles. The van der Waals surface area contributed by atoms with Crippen molar-refractivity contribution in [3.05, 3.63) is 0 Å². The Labute approximate surface area is 47.1 Å². The summed E-state index contributed by atoms with van der Waals surface area (Å²) in [6.45, 7) is 2.03. The minimum atomic E-state index is 0.475. The van der Waals surface area contributed by atoms with Gasteiger partial charge in [0.25, 0.3) is 0 Å². The largest absolute Gasteiger partial charge is 0.120 e. The van der Waals surface area contributed by atoms with Gasteiger partial charge in [0.2, 0.25) is 0 Å². The van der Waals surface area contributed by atoms with E-state index in [9.17, 15) is 0 Å². The Morgan fingerprint density at radius 2 is 2.50 bits per heavy atom. The summed E-state index contributed by atoms with van der Waals surface area (Å²) < 4.78 is 0. The molecule has 0 saturated heterocycles. The summed E-state index contributed by atoms with van der Waals surface area (Å²) in [6.07, 6.45) is 5.77. The Balaban J connectivity index is 2.88. The average molecular weight is 147 g/mol. The summed E-state index contributed by atoms with van der Waals surface area (Å²) in [5.41, 5.74) is 0. The van der Waals surface area contributed by atoms with E-state index in [1.807, 2.05) is 6.92 Å². The molecule has 1 unspecified atom stereocenters. The van der Waals surface area contributed by atoms with Gasteiger partial charge in [0, 0.05) is 11.2 Å². The van der Waals surface area contributed by atoms with Crippen LogP contribution in [0.5, 0.6) is 0 Å². The van der Waals surface area contributed by atoms with E-state index in [-0.39, 0.29) is 0 Å². The second-order valence-corrected chi connectivity index (χ2v) is 2.75. The van der Waals surface area contributed by atoms with Crippen molar-refractivity contribution in [2.45, 2.75) is 18.2 Å². The van der Waals surface area contributed by atoms with E-state index in [4.69, 9.17) is 6.42 Å². The molecule has 0 spiro atoms. The molecule has 0 nitrogen and oxygen atoms in total. The van der Waals surface area contributed by atoms with Crippen molar-refractivity contribution in [2.75, 3.05) is 0 Å². The molecule has 0 amide bonds. The molecular weight excluding hydrogens is 140 g/mol. The fraction of sp³-hybridized carbons (Fsp3) is 0.600. The molecular formula is C5H7Br. The summed E-state index contributed by atoms with van der Waals surface area (Å²) in [5, 5.41) is 0. The first-order valence-electron chi connectivity index (χ1n) is 1.85. The minimum absolute atomic E-state index is 0.475. The maximum absolute atomic E-state index is 4.95. The van der Waals surface area contributed by atoms with Crippen molar-refractivity contribution in [3.63, 3.8) is 0 Å². The molecule has 0 aliphatic rings. The van der Waals surface area contributed by atoms with Crippen molar-refractivity contribution in [1.29, 1.82) is 0 Å². The third-order valence-electron chi connectivity index (χ3n) is 0.399. The molecule has 0 N–H and O–H groups in total. The molecule has 0 saturated carbocycles. The lowest BCUT2D eigenvalue weighted by Crippen LogP contribution is -1.82. The highest BCUT2D eigenvalue weighted by molar-refractivity contribution is 9.09. The van der Waals surface area contributed by atoms with Crippen LogP contribution in [0.15, 0.2) is 0 Å².